The predicted octanol–water partition coefficient (Wildman–Crippen LogP) is 3.09. The number of sulfonamides is 1. The molecule has 2 aromatic heterocycles. The highest BCUT2D eigenvalue weighted by atomic mass is 32.2. The minimum absolute atomic E-state index is 0.291. The number of aryl methyl sites for hydroxylation is 2. The lowest BCUT2D eigenvalue weighted by atomic mass is 10.2. The zero-order valence-electron chi connectivity index (χ0n) is 15.4. The van der Waals surface area contributed by atoms with Crippen molar-refractivity contribution in [3.05, 3.63) is 46.0 Å². The Labute approximate surface area is 158 Å². The van der Waals surface area contributed by atoms with Crippen molar-refractivity contribution in [2.75, 3.05) is 20.3 Å². The van der Waals surface area contributed by atoms with Gasteiger partial charge in [-0.15, -0.1) is 11.3 Å². The topological polar surface area (TPSA) is 64.4 Å². The lowest BCUT2D eigenvalue weighted by molar-refractivity contribution is 0.177. The Bertz CT molecular complexity index is 1020. The van der Waals surface area contributed by atoms with Gasteiger partial charge in [-0.2, -0.15) is 4.31 Å². The van der Waals surface area contributed by atoms with Gasteiger partial charge in [0, 0.05) is 42.2 Å². The van der Waals surface area contributed by atoms with E-state index in [2.05, 4.69) is 4.98 Å². The lowest BCUT2D eigenvalue weighted by Crippen LogP contribution is -2.33. The van der Waals surface area contributed by atoms with E-state index in [4.69, 9.17) is 4.74 Å². The number of para-hydroxylation sites is 1. The van der Waals surface area contributed by atoms with Crippen LogP contribution < -0.4 is 0 Å². The number of fused-ring (bicyclic) bond motifs is 1. The molecule has 1 aromatic carbocycles. The van der Waals surface area contributed by atoms with Gasteiger partial charge in [0.15, 0.2) is 0 Å². The molecule has 0 saturated heterocycles. The number of hydrogen-bond donors (Lipinski definition) is 0. The van der Waals surface area contributed by atoms with Gasteiger partial charge in [0.2, 0.25) is 10.0 Å². The third-order valence-electron chi connectivity index (χ3n) is 4.65. The standard InChI is InChI=1S/C18H23N3O3S2/c1-13-17(25-12-19-13)11-21(9-10-24-4)26(22,23)18-14(2)20(3)16-8-6-5-7-15(16)18/h5-8,12H,9-11H2,1-4H3. The molecule has 0 fully saturated rings. The first-order valence-electron chi connectivity index (χ1n) is 8.30. The molecule has 0 bridgehead atoms. The van der Waals surface area contributed by atoms with Crippen LogP contribution >= 0.6 is 11.3 Å². The maximum atomic E-state index is 13.6. The van der Waals surface area contributed by atoms with E-state index >= 15 is 0 Å². The van der Waals surface area contributed by atoms with Gasteiger partial charge in [-0.25, -0.2) is 13.4 Å². The summed E-state index contributed by atoms with van der Waals surface area (Å²) in [6.45, 7) is 4.67. The molecule has 0 amide bonds. The monoisotopic (exact) mass is 393 g/mol. The van der Waals surface area contributed by atoms with E-state index in [1.807, 2.05) is 49.7 Å². The first-order chi connectivity index (χ1) is 12.4. The van der Waals surface area contributed by atoms with Crippen molar-refractivity contribution in [2.45, 2.75) is 25.3 Å². The Kier molecular flexibility index (Phi) is 5.47. The molecule has 140 valence electrons. The lowest BCUT2D eigenvalue weighted by Gasteiger charge is -2.22. The highest BCUT2D eigenvalue weighted by molar-refractivity contribution is 7.89. The number of nitrogens with zero attached hydrogens (tertiary/aromatic N) is 3. The zero-order valence-corrected chi connectivity index (χ0v) is 17.0. The van der Waals surface area contributed by atoms with E-state index in [9.17, 15) is 8.42 Å². The molecule has 3 rings (SSSR count). The van der Waals surface area contributed by atoms with Crippen molar-refractivity contribution >= 4 is 32.3 Å². The van der Waals surface area contributed by atoms with Gasteiger partial charge < -0.3 is 9.30 Å². The van der Waals surface area contributed by atoms with E-state index in [-0.39, 0.29) is 0 Å². The fourth-order valence-corrected chi connectivity index (χ4v) is 5.76. The van der Waals surface area contributed by atoms with Gasteiger partial charge in [0.25, 0.3) is 0 Å². The molecule has 3 aromatic rings. The van der Waals surface area contributed by atoms with Crippen molar-refractivity contribution in [1.82, 2.24) is 13.9 Å². The summed E-state index contributed by atoms with van der Waals surface area (Å²) in [5.74, 6) is 0. The number of thiazole rings is 1. The Balaban J connectivity index is 2.11. The molecule has 0 N–H and O–H groups in total. The van der Waals surface area contributed by atoms with Crippen LogP contribution in [-0.2, 0) is 28.4 Å². The second-order valence-electron chi connectivity index (χ2n) is 6.18. The summed E-state index contributed by atoms with van der Waals surface area (Å²) in [6.07, 6.45) is 0. The Morgan fingerprint density at radius 3 is 2.65 bits per heavy atom. The Hall–Kier alpha value is -1.74. The molecule has 6 nitrogen and oxygen atoms in total. The molecule has 0 unspecified atom stereocenters. The Morgan fingerprint density at radius 2 is 2.00 bits per heavy atom. The third-order valence-corrected chi connectivity index (χ3v) is 7.59. The van der Waals surface area contributed by atoms with Crippen LogP contribution in [0.3, 0.4) is 0 Å². The molecular formula is C18H23N3O3S2. The summed E-state index contributed by atoms with van der Waals surface area (Å²) >= 11 is 1.47. The van der Waals surface area contributed by atoms with Crippen molar-refractivity contribution in [3.63, 3.8) is 0 Å². The summed E-state index contributed by atoms with van der Waals surface area (Å²) in [5, 5.41) is 0.746. The summed E-state index contributed by atoms with van der Waals surface area (Å²) < 4.78 is 35.7. The summed E-state index contributed by atoms with van der Waals surface area (Å²) in [5.41, 5.74) is 4.25. The zero-order chi connectivity index (χ0) is 18.9. The molecule has 2 heterocycles. The molecule has 0 aliphatic rings. The number of aromatic nitrogens is 2. The molecule has 0 saturated carbocycles. The second-order valence-corrected chi connectivity index (χ2v) is 9.00. The SMILES string of the molecule is COCCN(Cc1scnc1C)S(=O)(=O)c1c(C)n(C)c2ccccc12. The van der Waals surface area contributed by atoms with Gasteiger partial charge in [0.1, 0.15) is 4.90 Å². The van der Waals surface area contributed by atoms with Crippen LogP contribution in [0.2, 0.25) is 0 Å². The fraction of sp³-hybridized carbons (Fsp3) is 0.389. The first-order valence-corrected chi connectivity index (χ1v) is 10.6. The van der Waals surface area contributed by atoms with Crippen LogP contribution in [0.5, 0.6) is 0 Å². The Morgan fingerprint density at radius 1 is 1.27 bits per heavy atom. The highest BCUT2D eigenvalue weighted by Crippen LogP contribution is 2.32. The number of benzene rings is 1. The van der Waals surface area contributed by atoms with E-state index < -0.39 is 10.0 Å². The first kappa shape index (κ1) is 19.0. The van der Waals surface area contributed by atoms with Crippen molar-refractivity contribution in [2.24, 2.45) is 7.05 Å². The smallest absolute Gasteiger partial charge is 0.245 e. The number of rotatable bonds is 7. The van der Waals surface area contributed by atoms with Crippen molar-refractivity contribution in [1.29, 1.82) is 0 Å². The normalized spacial score (nSPS) is 12.3. The number of methoxy groups -OCH3 is 1. The number of ether oxygens (including phenoxy) is 1. The molecule has 0 aliphatic carbocycles. The van der Waals surface area contributed by atoms with Gasteiger partial charge in [-0.1, -0.05) is 18.2 Å². The van der Waals surface area contributed by atoms with Crippen LogP contribution in [0.25, 0.3) is 10.9 Å². The minimum Gasteiger partial charge on any atom is -0.383 e. The van der Waals surface area contributed by atoms with Crippen LogP contribution in [0.1, 0.15) is 16.3 Å². The van der Waals surface area contributed by atoms with Crippen molar-refractivity contribution in [3.8, 4) is 0 Å². The predicted molar refractivity (Wildman–Crippen MR) is 104 cm³/mol. The average Bonchev–Trinajstić information content (AvgIpc) is 3.13. The van der Waals surface area contributed by atoms with Gasteiger partial charge in [-0.05, 0) is 19.9 Å². The number of hydrogen-bond acceptors (Lipinski definition) is 5. The summed E-state index contributed by atoms with van der Waals surface area (Å²) in [7, 11) is -0.224. The molecule has 0 atom stereocenters. The molecule has 0 aliphatic heterocycles. The van der Waals surface area contributed by atoms with Gasteiger partial charge in [-0.3, -0.25) is 0 Å². The van der Waals surface area contributed by atoms with E-state index in [1.54, 1.807) is 12.6 Å². The van der Waals surface area contributed by atoms with Gasteiger partial charge in [0.05, 0.1) is 24.4 Å². The molecule has 8 heteroatoms. The molecule has 26 heavy (non-hydrogen) atoms. The third kappa shape index (κ3) is 3.29. The van der Waals surface area contributed by atoms with Crippen LogP contribution in [0.15, 0.2) is 34.7 Å². The van der Waals surface area contributed by atoms with Gasteiger partial charge >= 0.3 is 0 Å². The maximum absolute atomic E-state index is 13.6. The highest BCUT2D eigenvalue weighted by Gasteiger charge is 2.31. The van der Waals surface area contributed by atoms with Crippen LogP contribution in [-0.4, -0.2) is 42.5 Å². The average molecular weight is 394 g/mol. The van der Waals surface area contributed by atoms with Crippen LogP contribution in [0, 0.1) is 13.8 Å². The quantitative estimate of drug-likeness (QED) is 0.619. The largest absolute Gasteiger partial charge is 0.383 e. The summed E-state index contributed by atoms with van der Waals surface area (Å²) in [4.78, 5) is 5.55. The van der Waals surface area contributed by atoms with E-state index in [0.29, 0.717) is 24.6 Å². The summed E-state index contributed by atoms with van der Waals surface area (Å²) in [6, 6.07) is 7.59. The molecule has 0 radical (unpaired) electrons. The molecule has 0 spiro atoms. The maximum Gasteiger partial charge on any atom is 0.245 e. The van der Waals surface area contributed by atoms with E-state index in [0.717, 1.165) is 27.2 Å². The fourth-order valence-electron chi connectivity index (χ4n) is 3.06. The van der Waals surface area contributed by atoms with E-state index in [1.165, 1.54) is 15.6 Å². The molecular weight excluding hydrogens is 370 g/mol. The van der Waals surface area contributed by atoms with Crippen LogP contribution in [0.4, 0.5) is 0 Å². The van der Waals surface area contributed by atoms with Crippen molar-refractivity contribution < 1.29 is 13.2 Å². The minimum atomic E-state index is -3.69. The second kappa shape index (κ2) is 7.48.